The van der Waals surface area contributed by atoms with Crippen LogP contribution in [0.4, 0.5) is 0 Å². The first kappa shape index (κ1) is 14.4. The topological polar surface area (TPSA) is 98.1 Å². The molecule has 2 N–H and O–H groups in total. The minimum Gasteiger partial charge on any atom is -0.480 e. The zero-order valence-corrected chi connectivity index (χ0v) is 11.2. The summed E-state index contributed by atoms with van der Waals surface area (Å²) in [6, 6.07) is 7.09. The number of aliphatic carboxylic acids is 1. The summed E-state index contributed by atoms with van der Waals surface area (Å²) in [5.74, 6) is -0.281. The van der Waals surface area contributed by atoms with Crippen LogP contribution in [0.15, 0.2) is 29.4 Å². The molecule has 2 rings (SSSR count). The lowest BCUT2D eigenvalue weighted by molar-refractivity contribution is -0.139. The molecule has 1 aliphatic rings. The second-order valence-electron chi connectivity index (χ2n) is 4.98. The Labute approximate surface area is 117 Å². The molecule has 0 aromatic heterocycles. The van der Waals surface area contributed by atoms with Gasteiger partial charge in [0, 0.05) is 11.5 Å². The number of azide groups is 1. The summed E-state index contributed by atoms with van der Waals surface area (Å²) < 4.78 is 0. The molecule has 0 amide bonds. The highest BCUT2D eigenvalue weighted by molar-refractivity contribution is 5.75. The third-order valence-electron chi connectivity index (χ3n) is 3.39. The summed E-state index contributed by atoms with van der Waals surface area (Å²) in [6.07, 6.45) is 3.01. The maximum Gasteiger partial charge on any atom is 0.325 e. The number of hydrogen-bond donors (Lipinski definition) is 2. The molecule has 1 aliphatic carbocycles. The number of nitrogens with one attached hydrogen (secondary N) is 1. The summed E-state index contributed by atoms with van der Waals surface area (Å²) >= 11 is 0. The van der Waals surface area contributed by atoms with Crippen molar-refractivity contribution < 1.29 is 9.90 Å². The molecular formula is C14H18N4O2. The van der Waals surface area contributed by atoms with Gasteiger partial charge in [-0.15, -0.1) is 0 Å². The zero-order chi connectivity index (χ0) is 14.4. The Balaban J connectivity index is 1.98. The van der Waals surface area contributed by atoms with Crippen LogP contribution >= 0.6 is 0 Å². The number of nitrogens with zero attached hydrogens (tertiary/aromatic N) is 3. The Kier molecular flexibility index (Phi) is 4.98. The van der Waals surface area contributed by atoms with E-state index in [0.29, 0.717) is 25.4 Å². The minimum atomic E-state index is -0.887. The van der Waals surface area contributed by atoms with E-state index in [-0.39, 0.29) is 0 Å². The zero-order valence-electron chi connectivity index (χ0n) is 11.2. The first-order chi connectivity index (χ1) is 9.72. The van der Waals surface area contributed by atoms with Crippen molar-refractivity contribution in [1.82, 2.24) is 5.32 Å². The molecule has 0 heterocycles. The van der Waals surface area contributed by atoms with Crippen LogP contribution in [0, 0.1) is 0 Å². The lowest BCUT2D eigenvalue weighted by Crippen LogP contribution is -2.29. The maximum absolute atomic E-state index is 11.4. The molecule has 1 atom stereocenters. The average Bonchev–Trinajstić information content (AvgIpc) is 3.27. The fraction of sp³-hybridized carbons (Fsp3) is 0.500. The Bertz CT molecular complexity index is 522. The van der Waals surface area contributed by atoms with Gasteiger partial charge in [0.15, 0.2) is 0 Å². The number of hydrogen-bond acceptors (Lipinski definition) is 3. The minimum absolute atomic E-state index is 0.373. The summed E-state index contributed by atoms with van der Waals surface area (Å²) in [5, 5.41) is 15.8. The van der Waals surface area contributed by atoms with E-state index in [1.54, 1.807) is 0 Å². The predicted molar refractivity (Wildman–Crippen MR) is 75.4 cm³/mol. The molecule has 0 saturated heterocycles. The maximum atomic E-state index is 11.4. The highest BCUT2D eigenvalue weighted by Crippen LogP contribution is 2.40. The SMILES string of the molecule is [N-]=[N+]=NCCCNC(C(=O)O)c1cccc(C2CC2)c1. The molecule has 20 heavy (non-hydrogen) atoms. The summed E-state index contributed by atoms with van der Waals surface area (Å²) in [7, 11) is 0. The third-order valence-corrected chi connectivity index (χ3v) is 3.39. The molecule has 1 aromatic rings. The second-order valence-corrected chi connectivity index (χ2v) is 4.98. The van der Waals surface area contributed by atoms with Crippen molar-refractivity contribution in [2.45, 2.75) is 31.2 Å². The smallest absolute Gasteiger partial charge is 0.325 e. The van der Waals surface area contributed by atoms with E-state index in [4.69, 9.17) is 5.53 Å². The summed E-state index contributed by atoms with van der Waals surface area (Å²) in [6.45, 7) is 0.877. The van der Waals surface area contributed by atoms with Gasteiger partial charge in [0.1, 0.15) is 6.04 Å². The second kappa shape index (κ2) is 6.93. The van der Waals surface area contributed by atoms with E-state index < -0.39 is 12.0 Å². The van der Waals surface area contributed by atoms with Crippen molar-refractivity contribution in [2.24, 2.45) is 5.11 Å². The third kappa shape index (κ3) is 3.98. The fourth-order valence-electron chi connectivity index (χ4n) is 2.20. The molecule has 0 aliphatic heterocycles. The standard InChI is InChI=1S/C14H18N4O2/c15-18-17-8-2-7-16-13(14(19)20)12-4-1-3-11(9-12)10-5-6-10/h1,3-4,9-10,13,16H,2,5-8H2,(H,19,20). The van der Waals surface area contributed by atoms with Crippen molar-refractivity contribution in [3.63, 3.8) is 0 Å². The Morgan fingerprint density at radius 2 is 2.35 bits per heavy atom. The van der Waals surface area contributed by atoms with Gasteiger partial charge in [-0.1, -0.05) is 29.4 Å². The number of carboxylic acids is 1. The number of benzene rings is 1. The first-order valence-electron chi connectivity index (χ1n) is 6.79. The van der Waals surface area contributed by atoms with Crippen molar-refractivity contribution in [3.8, 4) is 0 Å². The van der Waals surface area contributed by atoms with Crippen LogP contribution in [0.2, 0.25) is 0 Å². The number of carboxylic acid groups (broad SMARTS) is 1. The molecule has 1 aromatic carbocycles. The van der Waals surface area contributed by atoms with Crippen molar-refractivity contribution in [2.75, 3.05) is 13.1 Å². The van der Waals surface area contributed by atoms with Gasteiger partial charge in [-0.25, -0.2) is 0 Å². The van der Waals surface area contributed by atoms with Gasteiger partial charge in [-0.3, -0.25) is 4.79 Å². The molecule has 1 unspecified atom stereocenters. The van der Waals surface area contributed by atoms with E-state index in [2.05, 4.69) is 21.4 Å². The fourth-order valence-corrected chi connectivity index (χ4v) is 2.20. The van der Waals surface area contributed by atoms with Crippen molar-refractivity contribution in [1.29, 1.82) is 0 Å². The van der Waals surface area contributed by atoms with Gasteiger partial charge in [-0.05, 0) is 48.4 Å². The van der Waals surface area contributed by atoms with E-state index >= 15 is 0 Å². The van der Waals surface area contributed by atoms with Crippen LogP contribution in [-0.4, -0.2) is 24.2 Å². The van der Waals surface area contributed by atoms with Gasteiger partial charge >= 0.3 is 5.97 Å². The molecule has 0 bridgehead atoms. The van der Waals surface area contributed by atoms with E-state index in [0.717, 1.165) is 5.56 Å². The molecule has 6 heteroatoms. The molecule has 1 saturated carbocycles. The van der Waals surface area contributed by atoms with Gasteiger partial charge in [0.05, 0.1) is 0 Å². The van der Waals surface area contributed by atoms with Crippen LogP contribution in [0.3, 0.4) is 0 Å². The van der Waals surface area contributed by atoms with E-state index in [9.17, 15) is 9.90 Å². The molecule has 0 radical (unpaired) electrons. The quantitative estimate of drug-likeness (QED) is 0.330. The first-order valence-corrected chi connectivity index (χ1v) is 6.79. The van der Waals surface area contributed by atoms with Gasteiger partial charge in [-0.2, -0.15) is 0 Å². The van der Waals surface area contributed by atoms with Crippen molar-refractivity contribution >= 4 is 5.97 Å². The molecule has 106 valence electrons. The predicted octanol–water partition coefficient (Wildman–Crippen LogP) is 2.98. The monoisotopic (exact) mass is 274 g/mol. The van der Waals surface area contributed by atoms with Gasteiger partial charge in [0.25, 0.3) is 0 Å². The summed E-state index contributed by atoms with van der Waals surface area (Å²) in [4.78, 5) is 14.0. The van der Waals surface area contributed by atoms with Crippen LogP contribution in [0.25, 0.3) is 10.4 Å². The number of rotatable bonds is 8. The van der Waals surface area contributed by atoms with Crippen molar-refractivity contribution in [3.05, 3.63) is 45.8 Å². The lowest BCUT2D eigenvalue weighted by Gasteiger charge is -2.15. The van der Waals surface area contributed by atoms with Gasteiger partial charge < -0.3 is 10.4 Å². The van der Waals surface area contributed by atoms with Crippen LogP contribution in [0.5, 0.6) is 0 Å². The molecule has 6 nitrogen and oxygen atoms in total. The Morgan fingerprint density at radius 1 is 1.55 bits per heavy atom. The van der Waals surface area contributed by atoms with E-state index in [1.165, 1.54) is 18.4 Å². The van der Waals surface area contributed by atoms with Gasteiger partial charge in [0.2, 0.25) is 0 Å². The lowest BCUT2D eigenvalue weighted by atomic mass is 10.0. The normalized spacial score (nSPS) is 15.4. The highest BCUT2D eigenvalue weighted by Gasteiger charge is 2.25. The molecular weight excluding hydrogens is 256 g/mol. The largest absolute Gasteiger partial charge is 0.480 e. The van der Waals surface area contributed by atoms with Crippen LogP contribution < -0.4 is 5.32 Å². The van der Waals surface area contributed by atoms with Crippen LogP contribution in [0.1, 0.15) is 42.3 Å². The van der Waals surface area contributed by atoms with Crippen LogP contribution in [-0.2, 0) is 4.79 Å². The average molecular weight is 274 g/mol. The Morgan fingerprint density at radius 3 is 3.00 bits per heavy atom. The Hall–Kier alpha value is -2.04. The van der Waals surface area contributed by atoms with E-state index in [1.807, 2.05) is 18.2 Å². The number of carbonyl (C=O) groups is 1. The highest BCUT2D eigenvalue weighted by atomic mass is 16.4. The molecule has 1 fully saturated rings. The molecule has 0 spiro atoms. The summed E-state index contributed by atoms with van der Waals surface area (Å²) in [5.41, 5.74) is 10.2.